The van der Waals surface area contributed by atoms with Gasteiger partial charge in [-0.2, -0.15) is 0 Å². The number of carboxylic acid groups (broad SMARTS) is 3. The first-order valence-electron chi connectivity index (χ1n) is 38.2. The number of benzene rings is 5. The lowest BCUT2D eigenvalue weighted by atomic mass is 9.86. The zero-order valence-corrected chi connectivity index (χ0v) is 69.0. The lowest BCUT2D eigenvalue weighted by Crippen LogP contribution is -2.60. The summed E-state index contributed by atoms with van der Waals surface area (Å²) in [6.45, 7) is 9.34. The SMILES string of the molecule is C.Cc1cc(C)c(-c2noc(C3CC3)c2COc2ccc(C3(O)CN(c4ncc(C(=O)O)cc4F)C3)c(Cl)c2)c(Cl)c1.Cc1cc(F)cc(Cl)c1-c1noc(C2CC2)c1COc1ccc(C2(O)CN(c3ccc(C(=O)O)cn3)C2)c(Cl)c1.Cc1cncc(Cl)c1-c1noc(C2CC2)c1COc1ccc(C2(O)CN(c3ccc(C(=O)O)cn3)C2)c(Cl)c1. The minimum atomic E-state index is -1.34. The topological polar surface area (TPSA) is 340 Å². The smallest absolute Gasteiger partial charge is 0.337 e. The van der Waals surface area contributed by atoms with Crippen LogP contribution in [0.25, 0.3) is 33.8 Å². The molecular formula is C88H78Cl6F2N10O15. The van der Waals surface area contributed by atoms with Gasteiger partial charge in [-0.15, -0.1) is 0 Å². The van der Waals surface area contributed by atoms with E-state index < -0.39 is 46.3 Å². The molecule has 33 heteroatoms. The number of aryl methyl sites for hydroxylation is 4. The van der Waals surface area contributed by atoms with Crippen molar-refractivity contribution in [2.45, 2.75) is 128 Å². The lowest BCUT2D eigenvalue weighted by Gasteiger charge is -2.47. The Hall–Kier alpha value is -11.0. The molecule has 0 spiro atoms. The van der Waals surface area contributed by atoms with Gasteiger partial charge in [0.15, 0.2) is 11.6 Å². The quantitative estimate of drug-likeness (QED) is 0.0327. The third kappa shape index (κ3) is 17.6. The number of halogens is 8. The van der Waals surface area contributed by atoms with Gasteiger partial charge >= 0.3 is 17.9 Å². The number of rotatable bonds is 24. The molecule has 6 fully saturated rings. The predicted molar refractivity (Wildman–Crippen MR) is 449 cm³/mol. The van der Waals surface area contributed by atoms with Crippen LogP contribution in [0.2, 0.25) is 30.1 Å². The number of pyridine rings is 4. The number of carbonyl (C=O) groups is 3. The molecule has 626 valence electrons. The number of hydrogen-bond donors (Lipinski definition) is 6. The van der Waals surface area contributed by atoms with E-state index in [1.54, 1.807) is 86.0 Å². The Labute approximate surface area is 721 Å². The molecule has 18 rings (SSSR count). The highest BCUT2D eigenvalue weighted by molar-refractivity contribution is 6.35. The second-order valence-electron chi connectivity index (χ2n) is 31.0. The van der Waals surface area contributed by atoms with Crippen LogP contribution in [0.5, 0.6) is 17.2 Å². The zero-order chi connectivity index (χ0) is 84.5. The fraction of sp³-hybridized carbons (Fsp3) is 0.295. The van der Waals surface area contributed by atoms with Crippen LogP contribution in [0, 0.1) is 39.3 Å². The third-order valence-electron chi connectivity index (χ3n) is 22.0. The Kier molecular flexibility index (Phi) is 24.0. The molecule has 10 heterocycles. The minimum Gasteiger partial charge on any atom is -0.489 e. The van der Waals surface area contributed by atoms with E-state index in [-0.39, 0.29) is 100.0 Å². The summed E-state index contributed by atoms with van der Waals surface area (Å²) in [6, 6.07) is 29.1. The number of hydrogen-bond acceptors (Lipinski definition) is 22. The molecule has 6 aliphatic rings. The van der Waals surface area contributed by atoms with Gasteiger partial charge in [-0.25, -0.2) is 38.1 Å². The van der Waals surface area contributed by atoms with Crippen molar-refractivity contribution in [3.63, 3.8) is 0 Å². The molecule has 0 unspecified atom stereocenters. The summed E-state index contributed by atoms with van der Waals surface area (Å²) in [5.41, 5.74) is 7.95. The standard InChI is InChI=1S/C30H26Cl2FN3O5.C29H24Cl2FN3O5.C28H24Cl2N4O5.CH4/c1-15-7-16(2)25(23(32)8-15)26-20(27(41-35-26)17-3-4-17)12-40-19-5-6-21(22(31)10-19)30(39)13-36(14-30)28-24(33)9-18(11-34-28)29(37)38;1-15-8-18(32)9-23(31)25(15)26-20(27(40-34-26)16-2-3-16)12-39-19-5-6-21(22(30)10-19)29(38)13-35(14-29)24-7-4-17(11-33-24)28(36)37;1-15-9-31-11-22(30)24(15)25-19(26(39-33-25)16-2-3-16)12-38-18-5-6-20(21(29)8-18)28(37)13-34(14-28)23-7-4-17(10-32-23)27(35)36;/h5-11,17,39H,3-4,12-14H2,1-2H3,(H,37,38);4-11,16,38H,2-3,12-14H2,1H3,(H,36,37);4-11,16,37H,2-3,12-14H2,1H3,(H,35,36);1H4. The monoisotopic (exact) mass is 1760 g/mol. The van der Waals surface area contributed by atoms with Crippen molar-refractivity contribution < 1.29 is 81.6 Å². The van der Waals surface area contributed by atoms with Gasteiger partial charge in [0.05, 0.1) is 103 Å². The molecule has 3 saturated carbocycles. The van der Waals surface area contributed by atoms with Crippen LogP contribution in [0.15, 0.2) is 154 Å². The summed E-state index contributed by atoms with van der Waals surface area (Å²) in [7, 11) is 0. The Bertz CT molecular complexity index is 5940. The van der Waals surface area contributed by atoms with Crippen molar-refractivity contribution in [1.82, 2.24) is 35.4 Å². The van der Waals surface area contributed by atoms with Gasteiger partial charge in [0, 0.05) is 82.1 Å². The maximum Gasteiger partial charge on any atom is 0.337 e. The highest BCUT2D eigenvalue weighted by Gasteiger charge is 2.48. The van der Waals surface area contributed by atoms with Crippen molar-refractivity contribution in [2.24, 2.45) is 0 Å². The highest BCUT2D eigenvalue weighted by atomic mass is 35.5. The number of aromatic nitrogens is 7. The van der Waals surface area contributed by atoms with Gasteiger partial charge in [-0.1, -0.05) is 117 Å². The summed E-state index contributed by atoms with van der Waals surface area (Å²) in [6.07, 6.45) is 13.1. The summed E-state index contributed by atoms with van der Waals surface area (Å²) < 4.78 is 63.9. The lowest BCUT2D eigenvalue weighted by molar-refractivity contribution is 0.00644. The summed E-state index contributed by atoms with van der Waals surface area (Å²) in [4.78, 5) is 54.8. The van der Waals surface area contributed by atoms with E-state index in [2.05, 4.69) is 41.5 Å². The Morgan fingerprint density at radius 3 is 1.14 bits per heavy atom. The van der Waals surface area contributed by atoms with Crippen LogP contribution in [-0.2, 0) is 36.6 Å². The van der Waals surface area contributed by atoms with Gasteiger partial charge in [-0.3, -0.25) is 4.98 Å². The molecule has 0 radical (unpaired) electrons. The third-order valence-corrected chi connectivity index (χ3v) is 23.8. The van der Waals surface area contributed by atoms with E-state index >= 15 is 0 Å². The first-order chi connectivity index (χ1) is 57.4. The normalized spacial score (nSPS) is 15.9. The number of aromatic carboxylic acids is 3. The molecule has 0 amide bonds. The van der Waals surface area contributed by atoms with Gasteiger partial charge in [0.2, 0.25) is 0 Å². The summed E-state index contributed by atoms with van der Waals surface area (Å²) >= 11 is 39.3. The first-order valence-corrected chi connectivity index (χ1v) is 40.4. The molecular weight excluding hydrogens is 1690 g/mol. The number of anilines is 3. The Morgan fingerprint density at radius 2 is 0.802 bits per heavy atom. The number of ether oxygens (including phenoxy) is 3. The first kappa shape index (κ1) is 85.0. The number of β-amino-alcohol motifs (C(OH)–C–C–N with tert-alkyl or cyclic N) is 3. The molecule has 12 aromatic rings. The highest BCUT2D eigenvalue weighted by Crippen LogP contribution is 2.51. The van der Waals surface area contributed by atoms with E-state index in [4.69, 9.17) is 113 Å². The number of aliphatic hydroxyl groups is 3. The fourth-order valence-electron chi connectivity index (χ4n) is 15.3. The molecule has 7 aromatic heterocycles. The average Bonchev–Trinajstić information content (AvgIpc) is 1.68. The van der Waals surface area contributed by atoms with E-state index in [0.717, 1.165) is 113 Å². The van der Waals surface area contributed by atoms with Crippen molar-refractivity contribution in [1.29, 1.82) is 0 Å². The van der Waals surface area contributed by atoms with Crippen LogP contribution < -0.4 is 28.9 Å². The molecule has 3 aliphatic carbocycles. The zero-order valence-electron chi connectivity index (χ0n) is 64.5. The molecule has 6 N–H and O–H groups in total. The van der Waals surface area contributed by atoms with E-state index in [1.807, 2.05) is 36.6 Å². The van der Waals surface area contributed by atoms with Crippen molar-refractivity contribution in [3.8, 4) is 51.0 Å². The molecule has 25 nitrogen and oxygen atoms in total. The Morgan fingerprint density at radius 1 is 0.430 bits per heavy atom. The van der Waals surface area contributed by atoms with Gasteiger partial charge in [0.25, 0.3) is 0 Å². The second kappa shape index (κ2) is 34.1. The van der Waals surface area contributed by atoms with Gasteiger partial charge in [-0.05, 0) is 173 Å². The van der Waals surface area contributed by atoms with E-state index in [0.29, 0.717) is 111 Å². The molecule has 0 atom stereocenters. The predicted octanol–water partition coefficient (Wildman–Crippen LogP) is 19.3. The van der Waals surface area contributed by atoms with Crippen LogP contribution in [0.3, 0.4) is 0 Å². The van der Waals surface area contributed by atoms with Crippen LogP contribution in [0.1, 0.15) is 168 Å². The van der Waals surface area contributed by atoms with Crippen LogP contribution in [0.4, 0.5) is 26.2 Å². The minimum absolute atomic E-state index is 0. The number of nitrogens with zero attached hydrogens (tertiary/aromatic N) is 10. The second-order valence-corrected chi connectivity index (χ2v) is 33.4. The number of carboxylic acids is 3. The summed E-state index contributed by atoms with van der Waals surface area (Å²) in [5, 5.41) is 76.1. The summed E-state index contributed by atoms with van der Waals surface area (Å²) in [5.74, 6) is 1.35. The van der Waals surface area contributed by atoms with Crippen LogP contribution >= 0.6 is 69.6 Å². The van der Waals surface area contributed by atoms with Gasteiger partial charge in [0.1, 0.15) is 106 Å². The van der Waals surface area contributed by atoms with Crippen molar-refractivity contribution >= 4 is 105 Å². The van der Waals surface area contributed by atoms with E-state index in [1.165, 1.54) is 41.6 Å². The molecule has 3 saturated heterocycles. The Balaban J connectivity index is 0.000000141. The maximum absolute atomic E-state index is 14.4. The maximum atomic E-state index is 14.4. The van der Waals surface area contributed by atoms with Gasteiger partial charge < -0.3 is 73.1 Å². The van der Waals surface area contributed by atoms with Crippen molar-refractivity contribution in [2.75, 3.05) is 54.0 Å². The average molecular weight is 1770 g/mol. The van der Waals surface area contributed by atoms with Crippen molar-refractivity contribution in [3.05, 3.63) is 272 Å². The molecule has 5 aromatic carbocycles. The molecule has 0 bridgehead atoms. The molecule has 121 heavy (non-hydrogen) atoms. The van der Waals surface area contributed by atoms with E-state index in [9.17, 15) is 38.5 Å². The fourth-order valence-corrected chi connectivity index (χ4v) is 17.4. The van der Waals surface area contributed by atoms with Crippen LogP contribution in [-0.4, -0.2) is 123 Å². The molecule has 3 aliphatic heterocycles. The largest absolute Gasteiger partial charge is 0.489 e.